The number of fused-ring (bicyclic) bond motifs is 1. The van der Waals surface area contributed by atoms with Crippen LogP contribution in [0, 0.1) is 0 Å². The number of anilines is 1. The Hall–Kier alpha value is -3.56. The highest BCUT2D eigenvalue weighted by atomic mass is 32.2. The highest BCUT2D eigenvalue weighted by Crippen LogP contribution is 2.27. The van der Waals surface area contributed by atoms with Gasteiger partial charge < -0.3 is 19.4 Å². The number of nitrogens with one attached hydrogen (secondary N) is 1. The summed E-state index contributed by atoms with van der Waals surface area (Å²) in [5, 5.41) is 3.63. The molecule has 0 bridgehead atoms. The minimum Gasteiger partial charge on any atom is -0.467 e. The van der Waals surface area contributed by atoms with Gasteiger partial charge in [-0.15, -0.1) is 0 Å². The molecule has 0 radical (unpaired) electrons. The first-order valence-electron chi connectivity index (χ1n) is 12.5. The lowest BCUT2D eigenvalue weighted by atomic mass is 10.2. The fraction of sp³-hybridized carbons (Fsp3) is 0.321. The molecular weight excluding hydrogens is 488 g/mol. The van der Waals surface area contributed by atoms with Crippen molar-refractivity contribution in [3.05, 3.63) is 88.6 Å². The Morgan fingerprint density at radius 3 is 2.65 bits per heavy atom. The van der Waals surface area contributed by atoms with Crippen molar-refractivity contribution in [3.8, 4) is 0 Å². The van der Waals surface area contributed by atoms with Crippen molar-refractivity contribution in [1.82, 2.24) is 14.9 Å². The summed E-state index contributed by atoms with van der Waals surface area (Å²) < 4.78 is 12.5. The van der Waals surface area contributed by atoms with E-state index in [0.29, 0.717) is 54.5 Å². The van der Waals surface area contributed by atoms with Gasteiger partial charge in [0, 0.05) is 18.8 Å². The van der Waals surface area contributed by atoms with Crippen molar-refractivity contribution in [2.24, 2.45) is 0 Å². The maximum atomic E-state index is 13.9. The molecule has 0 spiro atoms. The average Bonchev–Trinajstić information content (AvgIpc) is 3.47. The summed E-state index contributed by atoms with van der Waals surface area (Å²) >= 11 is 1.32. The highest BCUT2D eigenvalue weighted by Gasteiger charge is 2.23. The lowest BCUT2D eigenvalue weighted by Crippen LogP contribution is -2.36. The largest absolute Gasteiger partial charge is 0.467 e. The number of thioether (sulfide) groups is 1. The topological polar surface area (TPSA) is 89.6 Å². The van der Waals surface area contributed by atoms with Gasteiger partial charge in [0.2, 0.25) is 5.91 Å². The third kappa shape index (κ3) is 5.89. The first-order valence-corrected chi connectivity index (χ1v) is 13.4. The van der Waals surface area contributed by atoms with Crippen LogP contribution in [0.5, 0.6) is 0 Å². The summed E-state index contributed by atoms with van der Waals surface area (Å²) in [6.45, 7) is 5.56. The Bertz CT molecular complexity index is 1400. The molecule has 2 aromatic heterocycles. The minimum atomic E-state index is -0.408. The fourth-order valence-electron chi connectivity index (χ4n) is 4.35. The molecule has 0 saturated carbocycles. The third-order valence-electron chi connectivity index (χ3n) is 6.39. The van der Waals surface area contributed by atoms with E-state index in [-0.39, 0.29) is 11.5 Å². The predicted octanol–water partition coefficient (Wildman–Crippen LogP) is 4.06. The predicted molar refractivity (Wildman–Crippen MR) is 145 cm³/mol. The normalized spacial score (nSPS) is 14.6. The van der Waals surface area contributed by atoms with Gasteiger partial charge in [0.25, 0.3) is 5.56 Å². The first-order chi connectivity index (χ1) is 18.1. The van der Waals surface area contributed by atoms with Crippen molar-refractivity contribution in [2.45, 2.75) is 36.8 Å². The second-order valence-electron chi connectivity index (χ2n) is 8.88. The van der Waals surface area contributed by atoms with E-state index >= 15 is 0 Å². The quantitative estimate of drug-likeness (QED) is 0.264. The molecule has 1 unspecified atom stereocenters. The zero-order valence-corrected chi connectivity index (χ0v) is 21.6. The van der Waals surface area contributed by atoms with Gasteiger partial charge in [0.05, 0.1) is 48.7 Å². The van der Waals surface area contributed by atoms with Crippen LogP contribution in [-0.2, 0) is 22.6 Å². The number of hydrogen-bond donors (Lipinski definition) is 1. The Labute approximate surface area is 219 Å². The van der Waals surface area contributed by atoms with Gasteiger partial charge in [-0.05, 0) is 42.3 Å². The van der Waals surface area contributed by atoms with Crippen LogP contribution in [0.3, 0.4) is 0 Å². The maximum absolute atomic E-state index is 13.9. The van der Waals surface area contributed by atoms with Gasteiger partial charge in [-0.1, -0.05) is 49.0 Å². The number of hydrogen-bond acceptors (Lipinski definition) is 7. The van der Waals surface area contributed by atoms with E-state index in [1.807, 2.05) is 61.5 Å². The molecule has 5 rings (SSSR count). The van der Waals surface area contributed by atoms with Crippen LogP contribution < -0.4 is 15.8 Å². The molecule has 192 valence electrons. The van der Waals surface area contributed by atoms with Crippen molar-refractivity contribution in [2.75, 3.05) is 31.2 Å². The van der Waals surface area contributed by atoms with Gasteiger partial charge in [-0.25, -0.2) is 4.98 Å². The van der Waals surface area contributed by atoms with Crippen LogP contribution in [-0.4, -0.2) is 47.0 Å². The molecule has 3 heterocycles. The number of benzene rings is 2. The van der Waals surface area contributed by atoms with E-state index in [9.17, 15) is 9.59 Å². The number of carbonyl (C=O) groups excluding carboxylic acids is 1. The number of morpholine rings is 1. The van der Waals surface area contributed by atoms with Gasteiger partial charge in [-0.3, -0.25) is 14.2 Å². The summed E-state index contributed by atoms with van der Waals surface area (Å²) in [5.41, 5.74) is 2.49. The average molecular weight is 519 g/mol. The Kier molecular flexibility index (Phi) is 7.91. The number of aromatic nitrogens is 2. The second kappa shape index (κ2) is 11.7. The van der Waals surface area contributed by atoms with E-state index in [1.165, 1.54) is 11.8 Å². The van der Waals surface area contributed by atoms with Gasteiger partial charge in [0.15, 0.2) is 5.16 Å². The molecule has 0 aliphatic carbocycles. The van der Waals surface area contributed by atoms with Crippen molar-refractivity contribution in [1.29, 1.82) is 0 Å². The molecule has 9 heteroatoms. The van der Waals surface area contributed by atoms with Crippen LogP contribution in [0.4, 0.5) is 5.69 Å². The zero-order valence-electron chi connectivity index (χ0n) is 20.8. The van der Waals surface area contributed by atoms with E-state index in [1.54, 1.807) is 16.9 Å². The fourth-order valence-corrected chi connectivity index (χ4v) is 5.39. The number of amides is 1. The second-order valence-corrected chi connectivity index (χ2v) is 10.1. The Morgan fingerprint density at radius 1 is 1.11 bits per heavy atom. The number of furan rings is 1. The monoisotopic (exact) mass is 518 g/mol. The van der Waals surface area contributed by atoms with Crippen LogP contribution in [0.2, 0.25) is 0 Å². The van der Waals surface area contributed by atoms with Gasteiger partial charge in [-0.2, -0.15) is 0 Å². The Morgan fingerprint density at radius 2 is 1.92 bits per heavy atom. The standard InChI is InChI=1S/C28H30N4O4S/c1-2-25(26(33)29-18-22-9-6-14-36-22)37-28-30-24-11-10-21(31-12-15-35-16-13-31)17-23(24)27(34)32(28)19-20-7-4-3-5-8-20/h3-11,14,17,25H,2,12-13,15-16,18-19H2,1H3,(H,29,33). The molecule has 1 atom stereocenters. The Balaban J connectivity index is 1.48. The molecule has 8 nitrogen and oxygen atoms in total. The smallest absolute Gasteiger partial charge is 0.262 e. The minimum absolute atomic E-state index is 0.114. The van der Waals surface area contributed by atoms with Crippen molar-refractivity contribution < 1.29 is 13.9 Å². The molecule has 1 saturated heterocycles. The molecule has 1 fully saturated rings. The lowest BCUT2D eigenvalue weighted by molar-refractivity contribution is -0.120. The van der Waals surface area contributed by atoms with Crippen molar-refractivity contribution in [3.63, 3.8) is 0 Å². The van der Waals surface area contributed by atoms with E-state index in [4.69, 9.17) is 14.1 Å². The van der Waals surface area contributed by atoms with Crippen LogP contribution >= 0.6 is 11.8 Å². The molecule has 2 aromatic carbocycles. The molecule has 1 aliphatic rings. The van der Waals surface area contributed by atoms with Crippen LogP contribution in [0.15, 0.2) is 81.3 Å². The van der Waals surface area contributed by atoms with Gasteiger partial charge >= 0.3 is 0 Å². The molecule has 1 aliphatic heterocycles. The van der Waals surface area contributed by atoms with Gasteiger partial charge in [0.1, 0.15) is 5.76 Å². The van der Waals surface area contributed by atoms with Crippen molar-refractivity contribution >= 4 is 34.3 Å². The number of carbonyl (C=O) groups is 1. The number of nitrogens with zero attached hydrogens (tertiary/aromatic N) is 3. The third-order valence-corrected chi connectivity index (χ3v) is 7.74. The highest BCUT2D eigenvalue weighted by molar-refractivity contribution is 8.00. The van der Waals surface area contributed by atoms with E-state index in [2.05, 4.69) is 10.2 Å². The summed E-state index contributed by atoms with van der Waals surface area (Å²) in [5.74, 6) is 0.571. The summed E-state index contributed by atoms with van der Waals surface area (Å²) in [4.78, 5) is 34.0. The maximum Gasteiger partial charge on any atom is 0.262 e. The lowest BCUT2D eigenvalue weighted by Gasteiger charge is -2.29. The molecular formula is C28H30N4O4S. The zero-order chi connectivity index (χ0) is 25.6. The van der Waals surface area contributed by atoms with Crippen LogP contribution in [0.1, 0.15) is 24.7 Å². The summed E-state index contributed by atoms with van der Waals surface area (Å²) in [6, 6.07) is 19.3. The number of ether oxygens (including phenoxy) is 1. The molecule has 4 aromatic rings. The number of rotatable bonds is 9. The molecule has 1 N–H and O–H groups in total. The summed E-state index contributed by atoms with van der Waals surface area (Å²) in [7, 11) is 0. The van der Waals surface area contributed by atoms with Crippen LogP contribution in [0.25, 0.3) is 10.9 Å². The SMILES string of the molecule is CCC(Sc1nc2ccc(N3CCOCC3)cc2c(=O)n1Cc1ccccc1)C(=O)NCc1ccco1. The van der Waals surface area contributed by atoms with E-state index < -0.39 is 5.25 Å². The molecule has 37 heavy (non-hydrogen) atoms. The first kappa shape index (κ1) is 25.1. The molecule has 1 amide bonds. The van der Waals surface area contributed by atoms with E-state index in [0.717, 1.165) is 24.3 Å². The summed E-state index contributed by atoms with van der Waals surface area (Å²) in [6.07, 6.45) is 2.17.